The number of halogens is 5. The van der Waals surface area contributed by atoms with E-state index in [9.17, 15) is 27.5 Å². The number of alkyl halides is 3. The third kappa shape index (κ3) is 7.01. The van der Waals surface area contributed by atoms with Gasteiger partial charge in [0.25, 0.3) is 0 Å². The van der Waals surface area contributed by atoms with E-state index in [1.807, 2.05) is 6.92 Å². The predicted molar refractivity (Wildman–Crippen MR) is 113 cm³/mol. The highest BCUT2D eigenvalue weighted by molar-refractivity contribution is 6.32. The lowest BCUT2D eigenvalue weighted by molar-refractivity contribution is -0.139. The van der Waals surface area contributed by atoms with Gasteiger partial charge in [0.15, 0.2) is 0 Å². The second kappa shape index (κ2) is 11.4. The van der Waals surface area contributed by atoms with Crippen molar-refractivity contribution in [2.24, 2.45) is 0 Å². The number of nitrogens with one attached hydrogen (secondary N) is 1. The molecule has 32 heavy (non-hydrogen) atoms. The van der Waals surface area contributed by atoms with Gasteiger partial charge in [0.2, 0.25) is 5.91 Å². The number of hydrogen-bond donors (Lipinski definition) is 3. The van der Waals surface area contributed by atoms with Crippen LogP contribution in [0.3, 0.4) is 0 Å². The van der Waals surface area contributed by atoms with Gasteiger partial charge in [0.05, 0.1) is 22.9 Å². The first-order valence-electron chi connectivity index (χ1n) is 9.87. The average molecular weight is 475 g/mol. The molecule has 0 bridgehead atoms. The van der Waals surface area contributed by atoms with Crippen LogP contribution in [0, 0.1) is 5.82 Å². The molecule has 2 aromatic rings. The zero-order valence-electron chi connectivity index (χ0n) is 17.2. The lowest BCUT2D eigenvalue weighted by Crippen LogP contribution is -2.13. The molecule has 0 saturated heterocycles. The molecule has 0 spiro atoms. The lowest BCUT2D eigenvalue weighted by atomic mass is 10.0. The molecule has 0 aliphatic heterocycles. The summed E-state index contributed by atoms with van der Waals surface area (Å²) in [7, 11) is 0. The summed E-state index contributed by atoms with van der Waals surface area (Å²) in [5, 5.41) is 21.4. The molecule has 5 nitrogen and oxygen atoms in total. The Kier molecular flexibility index (Phi) is 9.18. The Morgan fingerprint density at radius 2 is 2.00 bits per heavy atom. The predicted octanol–water partition coefficient (Wildman–Crippen LogP) is 5.52. The first-order valence-corrected chi connectivity index (χ1v) is 10.2. The van der Waals surface area contributed by atoms with E-state index in [2.05, 4.69) is 10.3 Å². The third-order valence-electron chi connectivity index (χ3n) is 4.56. The van der Waals surface area contributed by atoms with Gasteiger partial charge in [-0.15, -0.1) is 0 Å². The number of aliphatic hydroxyl groups excluding tert-OH is 2. The fourth-order valence-corrected chi connectivity index (χ4v) is 3.28. The number of carbonyl (C=O) groups excluding carboxylic acids is 1. The van der Waals surface area contributed by atoms with E-state index in [0.717, 1.165) is 18.1 Å². The van der Waals surface area contributed by atoms with Gasteiger partial charge in [-0.25, -0.2) is 4.39 Å². The number of carbonyl (C=O) groups is 1. The molecule has 0 aliphatic carbocycles. The number of aromatic nitrogens is 1. The first kappa shape index (κ1) is 25.8. The van der Waals surface area contributed by atoms with Crippen LogP contribution in [0.15, 0.2) is 36.5 Å². The Morgan fingerprint density at radius 1 is 1.28 bits per heavy atom. The van der Waals surface area contributed by atoms with Gasteiger partial charge in [-0.2, -0.15) is 13.2 Å². The van der Waals surface area contributed by atoms with Crippen molar-refractivity contribution in [2.45, 2.75) is 44.9 Å². The Bertz CT molecular complexity index is 980. The highest BCUT2D eigenvalue weighted by Crippen LogP contribution is 2.32. The van der Waals surface area contributed by atoms with Gasteiger partial charge < -0.3 is 15.5 Å². The largest absolute Gasteiger partial charge is 0.419 e. The molecule has 0 unspecified atom stereocenters. The van der Waals surface area contributed by atoms with Crippen LogP contribution in [-0.4, -0.2) is 27.7 Å². The molecule has 1 heterocycles. The Morgan fingerprint density at radius 3 is 2.56 bits per heavy atom. The van der Waals surface area contributed by atoms with Gasteiger partial charge in [-0.3, -0.25) is 9.78 Å². The molecule has 174 valence electrons. The van der Waals surface area contributed by atoms with Crippen molar-refractivity contribution in [3.05, 3.63) is 64.2 Å². The molecular weight excluding hydrogens is 452 g/mol. The summed E-state index contributed by atoms with van der Waals surface area (Å²) < 4.78 is 51.5. The molecule has 1 aromatic carbocycles. The van der Waals surface area contributed by atoms with Crippen LogP contribution in [0.25, 0.3) is 5.57 Å². The zero-order valence-corrected chi connectivity index (χ0v) is 18.0. The van der Waals surface area contributed by atoms with Crippen molar-refractivity contribution in [3.63, 3.8) is 0 Å². The summed E-state index contributed by atoms with van der Waals surface area (Å²) in [5.74, 6) is -1.95. The van der Waals surface area contributed by atoms with E-state index in [0.29, 0.717) is 41.3 Å². The number of aliphatic hydroxyl groups is 2. The number of nitrogens with zero attached hydrogens (tertiary/aromatic N) is 1. The van der Waals surface area contributed by atoms with E-state index < -0.39 is 36.2 Å². The maximum atomic E-state index is 13.6. The number of hydrogen-bond acceptors (Lipinski definition) is 4. The zero-order chi connectivity index (χ0) is 23.9. The molecule has 1 atom stereocenters. The molecule has 1 aromatic heterocycles. The summed E-state index contributed by atoms with van der Waals surface area (Å²) in [4.78, 5) is 16.4. The Labute approximate surface area is 187 Å². The maximum Gasteiger partial charge on any atom is 0.419 e. The number of benzene rings is 1. The van der Waals surface area contributed by atoms with Crippen LogP contribution < -0.4 is 5.32 Å². The molecule has 0 radical (unpaired) electrons. The SMILES string of the molecule is CCC/C(=C\CCC(=O)Nc1ccc(C(F)(F)F)c(F)c1)c1ncc([C@@H](O)CO)cc1Cl. The van der Waals surface area contributed by atoms with Crippen molar-refractivity contribution in [2.75, 3.05) is 11.9 Å². The monoisotopic (exact) mass is 474 g/mol. The Hall–Kier alpha value is -2.49. The molecule has 0 saturated carbocycles. The highest BCUT2D eigenvalue weighted by Gasteiger charge is 2.33. The molecular formula is C22H23ClF4N2O3. The summed E-state index contributed by atoms with van der Waals surface area (Å²) in [6.07, 6.45) is -0.993. The quantitative estimate of drug-likeness (QED) is 0.418. The smallest absolute Gasteiger partial charge is 0.393 e. The van der Waals surface area contributed by atoms with Crippen LogP contribution >= 0.6 is 11.6 Å². The number of pyridine rings is 1. The van der Waals surface area contributed by atoms with Crippen LogP contribution in [0.4, 0.5) is 23.2 Å². The van der Waals surface area contributed by atoms with Crippen LogP contribution in [0.5, 0.6) is 0 Å². The van der Waals surface area contributed by atoms with Crippen molar-refractivity contribution in [3.8, 4) is 0 Å². The van der Waals surface area contributed by atoms with E-state index in [-0.39, 0.29) is 12.1 Å². The standard InChI is InChI=1S/C22H23ClF4N2O3/c1-2-4-13(21-17(23)9-14(11-28-21)19(31)12-30)5-3-6-20(32)29-15-7-8-16(18(24)10-15)22(25,26)27/h5,7-11,19,30-31H,2-4,6,12H2,1H3,(H,29,32)/b13-5+/t19-/m0/s1. The second-order valence-electron chi connectivity index (χ2n) is 7.06. The molecule has 10 heteroatoms. The van der Waals surface area contributed by atoms with E-state index in [1.54, 1.807) is 6.08 Å². The Balaban J connectivity index is 2.05. The summed E-state index contributed by atoms with van der Waals surface area (Å²) >= 11 is 6.28. The summed E-state index contributed by atoms with van der Waals surface area (Å²) in [6, 6.07) is 3.72. The number of allylic oxidation sites excluding steroid dienone is 2. The van der Waals surface area contributed by atoms with Crippen molar-refractivity contribution in [1.82, 2.24) is 4.98 Å². The molecule has 0 fully saturated rings. The first-order chi connectivity index (χ1) is 15.1. The minimum Gasteiger partial charge on any atom is -0.393 e. The normalized spacial score (nSPS) is 13.2. The van der Waals surface area contributed by atoms with E-state index >= 15 is 0 Å². The van der Waals surface area contributed by atoms with Crippen molar-refractivity contribution < 1.29 is 32.6 Å². The van der Waals surface area contributed by atoms with Crippen molar-refractivity contribution in [1.29, 1.82) is 0 Å². The molecule has 2 rings (SSSR count). The molecule has 0 aliphatic rings. The van der Waals surface area contributed by atoms with Crippen LogP contribution in [0.1, 0.15) is 55.5 Å². The minimum absolute atomic E-state index is 0.00871. The van der Waals surface area contributed by atoms with Gasteiger partial charge in [0.1, 0.15) is 11.9 Å². The fourth-order valence-electron chi connectivity index (χ4n) is 2.99. The lowest BCUT2D eigenvalue weighted by Gasteiger charge is -2.12. The van der Waals surface area contributed by atoms with Crippen molar-refractivity contribution >= 4 is 28.8 Å². The third-order valence-corrected chi connectivity index (χ3v) is 4.85. The van der Waals surface area contributed by atoms with Crippen LogP contribution in [-0.2, 0) is 11.0 Å². The van der Waals surface area contributed by atoms with Gasteiger partial charge >= 0.3 is 6.18 Å². The minimum atomic E-state index is -4.81. The second-order valence-corrected chi connectivity index (χ2v) is 7.46. The highest BCUT2D eigenvalue weighted by atomic mass is 35.5. The van der Waals surface area contributed by atoms with E-state index in [4.69, 9.17) is 16.7 Å². The van der Waals surface area contributed by atoms with Gasteiger partial charge in [0, 0.05) is 23.9 Å². The molecule has 1 amide bonds. The molecule has 3 N–H and O–H groups in total. The van der Waals surface area contributed by atoms with Crippen LogP contribution in [0.2, 0.25) is 5.02 Å². The number of amides is 1. The average Bonchev–Trinajstić information content (AvgIpc) is 2.71. The van der Waals surface area contributed by atoms with E-state index in [1.165, 1.54) is 12.3 Å². The van der Waals surface area contributed by atoms with Gasteiger partial charge in [-0.1, -0.05) is 31.0 Å². The maximum absolute atomic E-state index is 13.6. The number of anilines is 1. The summed E-state index contributed by atoms with van der Waals surface area (Å²) in [6.45, 7) is 1.49. The van der Waals surface area contributed by atoms with Gasteiger partial charge in [-0.05, 0) is 42.7 Å². The number of rotatable bonds is 9. The fraction of sp³-hybridized carbons (Fsp3) is 0.364. The topological polar surface area (TPSA) is 82.5 Å². The summed E-state index contributed by atoms with van der Waals surface area (Å²) in [5.41, 5.74) is 0.189.